The van der Waals surface area contributed by atoms with Crippen LogP contribution in [0.4, 0.5) is 0 Å². The lowest BCUT2D eigenvalue weighted by atomic mass is 10.0. The molecular weight excluding hydrogens is 148 g/mol. The highest BCUT2D eigenvalue weighted by Gasteiger charge is 2.02. The van der Waals surface area contributed by atoms with Gasteiger partial charge in [-0.1, -0.05) is 26.0 Å². The van der Waals surface area contributed by atoms with E-state index in [1.54, 1.807) is 6.08 Å². The molecule has 1 nitrogen and oxygen atoms in total. The molecule has 0 rings (SSSR count). The average molecular weight is 166 g/mol. The van der Waals surface area contributed by atoms with Crippen LogP contribution in [0, 0.1) is 0 Å². The van der Waals surface area contributed by atoms with Crippen LogP contribution in [0.2, 0.25) is 0 Å². The fourth-order valence-electron chi connectivity index (χ4n) is 0.989. The predicted molar refractivity (Wildman–Crippen MR) is 53.0 cm³/mol. The van der Waals surface area contributed by atoms with E-state index in [9.17, 15) is 5.11 Å². The lowest BCUT2D eigenvalue weighted by molar-refractivity contribution is 0.222. The third-order valence-corrected chi connectivity index (χ3v) is 1.81. The highest BCUT2D eigenvalue weighted by Crippen LogP contribution is 2.12. The molecular formula is C11H18O. The van der Waals surface area contributed by atoms with Crippen molar-refractivity contribution < 1.29 is 5.11 Å². The highest BCUT2D eigenvalue weighted by atomic mass is 16.3. The van der Waals surface area contributed by atoms with Crippen LogP contribution in [0.3, 0.4) is 0 Å². The van der Waals surface area contributed by atoms with Gasteiger partial charge >= 0.3 is 0 Å². The van der Waals surface area contributed by atoms with Crippen LogP contribution in [0.1, 0.15) is 32.6 Å². The number of aliphatic hydroxyl groups excluding tert-OH is 1. The van der Waals surface area contributed by atoms with Gasteiger partial charge in [-0.15, -0.1) is 12.3 Å². The van der Waals surface area contributed by atoms with E-state index in [1.165, 1.54) is 0 Å². The van der Waals surface area contributed by atoms with Crippen LogP contribution in [0.25, 0.3) is 0 Å². The first kappa shape index (κ1) is 11.2. The molecule has 0 saturated heterocycles. The summed E-state index contributed by atoms with van der Waals surface area (Å²) < 4.78 is 0. The number of hydrogen-bond acceptors (Lipinski definition) is 1. The van der Waals surface area contributed by atoms with Gasteiger partial charge < -0.3 is 5.11 Å². The molecule has 0 aromatic heterocycles. The Morgan fingerprint density at radius 1 is 1.67 bits per heavy atom. The molecule has 1 heteroatoms. The summed E-state index contributed by atoms with van der Waals surface area (Å²) in [7, 11) is 0. The van der Waals surface area contributed by atoms with Crippen molar-refractivity contribution in [3.8, 4) is 0 Å². The van der Waals surface area contributed by atoms with Crippen LogP contribution in [-0.4, -0.2) is 11.2 Å². The lowest BCUT2D eigenvalue weighted by Crippen LogP contribution is -2.02. The fourth-order valence-corrected chi connectivity index (χ4v) is 0.989. The average Bonchev–Trinajstić information content (AvgIpc) is 2.11. The summed E-state index contributed by atoms with van der Waals surface area (Å²) in [4.78, 5) is 0. The van der Waals surface area contributed by atoms with Gasteiger partial charge in [0, 0.05) is 6.42 Å². The minimum absolute atomic E-state index is 0.439. The minimum Gasteiger partial charge on any atom is -0.389 e. The fraction of sp³-hybridized carbons (Fsp3) is 0.545. The monoisotopic (exact) mass is 166 g/mol. The molecule has 0 heterocycles. The second-order valence-corrected chi connectivity index (χ2v) is 2.89. The van der Waals surface area contributed by atoms with Crippen molar-refractivity contribution in [2.24, 2.45) is 0 Å². The maximum Gasteiger partial charge on any atom is 0.0761 e. The zero-order valence-corrected chi connectivity index (χ0v) is 7.84. The summed E-state index contributed by atoms with van der Waals surface area (Å²) in [6, 6.07) is 0. The number of aliphatic hydroxyl groups is 1. The summed E-state index contributed by atoms with van der Waals surface area (Å²) in [5.74, 6) is 0. The third-order valence-electron chi connectivity index (χ3n) is 1.81. The van der Waals surface area contributed by atoms with Gasteiger partial charge in [0.05, 0.1) is 6.10 Å². The Hall–Kier alpha value is -0.780. The molecule has 1 N–H and O–H groups in total. The second kappa shape index (κ2) is 6.90. The van der Waals surface area contributed by atoms with Crippen LogP contribution < -0.4 is 0 Å². The van der Waals surface area contributed by atoms with Crippen LogP contribution in [-0.2, 0) is 0 Å². The molecule has 0 fully saturated rings. The van der Waals surface area contributed by atoms with Crippen LogP contribution in [0.5, 0.6) is 0 Å². The van der Waals surface area contributed by atoms with Gasteiger partial charge in [0.1, 0.15) is 0 Å². The van der Waals surface area contributed by atoms with Gasteiger partial charge in [-0.05, 0) is 18.4 Å². The Balaban J connectivity index is 3.84. The molecule has 0 radical (unpaired) electrons. The number of unbranched alkanes of at least 4 members (excludes halogenated alkanes) is 1. The molecule has 0 aliphatic rings. The van der Waals surface area contributed by atoms with Gasteiger partial charge in [-0.2, -0.15) is 0 Å². The van der Waals surface area contributed by atoms with Gasteiger partial charge in [0.25, 0.3) is 0 Å². The van der Waals surface area contributed by atoms with Gasteiger partial charge in [0.2, 0.25) is 0 Å². The van der Waals surface area contributed by atoms with E-state index in [0.29, 0.717) is 6.42 Å². The molecule has 0 amide bonds. The minimum atomic E-state index is -0.439. The Morgan fingerprint density at radius 2 is 2.33 bits per heavy atom. The molecule has 12 heavy (non-hydrogen) atoms. The molecule has 0 bridgehead atoms. The first-order valence-electron chi connectivity index (χ1n) is 4.43. The zero-order chi connectivity index (χ0) is 9.40. The van der Waals surface area contributed by atoms with Gasteiger partial charge in [-0.25, -0.2) is 0 Å². The van der Waals surface area contributed by atoms with Crippen LogP contribution >= 0.6 is 0 Å². The van der Waals surface area contributed by atoms with E-state index < -0.39 is 6.10 Å². The van der Waals surface area contributed by atoms with E-state index in [0.717, 1.165) is 24.8 Å². The van der Waals surface area contributed by atoms with Crippen molar-refractivity contribution in [3.05, 3.63) is 30.5 Å². The summed E-state index contributed by atoms with van der Waals surface area (Å²) in [6.45, 7) is 9.25. The van der Waals surface area contributed by atoms with Crippen LogP contribution in [0.15, 0.2) is 30.5 Å². The van der Waals surface area contributed by atoms with E-state index in [-0.39, 0.29) is 0 Å². The number of rotatable bonds is 6. The van der Waals surface area contributed by atoms with E-state index in [4.69, 9.17) is 0 Å². The first-order valence-corrected chi connectivity index (χ1v) is 4.43. The molecule has 0 aliphatic heterocycles. The lowest BCUT2D eigenvalue weighted by Gasteiger charge is -2.06. The standard InChI is InChI=1S/C11H18O/c1-4-7-8-10(5-2)9-11(12)6-3/h6,11-12H,2-4,7-9H2,1H3/t11-/m1/s1. The quantitative estimate of drug-likeness (QED) is 0.475. The van der Waals surface area contributed by atoms with Crippen molar-refractivity contribution >= 4 is 0 Å². The maximum absolute atomic E-state index is 9.25. The number of hydrogen-bond donors (Lipinski definition) is 1. The van der Waals surface area contributed by atoms with Gasteiger partial charge in [-0.3, -0.25) is 0 Å². The predicted octanol–water partition coefficient (Wildman–Crippen LogP) is 2.82. The topological polar surface area (TPSA) is 20.2 Å². The van der Waals surface area contributed by atoms with E-state index in [1.807, 2.05) is 0 Å². The van der Waals surface area contributed by atoms with Crippen molar-refractivity contribution in [3.63, 3.8) is 0 Å². The van der Waals surface area contributed by atoms with Crippen molar-refractivity contribution in [1.29, 1.82) is 0 Å². The highest BCUT2D eigenvalue weighted by molar-refractivity contribution is 5.03. The van der Waals surface area contributed by atoms with Crippen molar-refractivity contribution in [2.45, 2.75) is 38.7 Å². The molecule has 68 valence electrons. The smallest absolute Gasteiger partial charge is 0.0761 e. The largest absolute Gasteiger partial charge is 0.389 e. The van der Waals surface area contributed by atoms with Gasteiger partial charge in [0.15, 0.2) is 0 Å². The molecule has 0 aromatic carbocycles. The Kier molecular flexibility index (Phi) is 6.45. The van der Waals surface area contributed by atoms with E-state index >= 15 is 0 Å². The molecule has 0 spiro atoms. The molecule has 0 aromatic rings. The van der Waals surface area contributed by atoms with E-state index in [2.05, 4.69) is 25.8 Å². The second-order valence-electron chi connectivity index (χ2n) is 2.89. The summed E-state index contributed by atoms with van der Waals surface area (Å²) in [6.07, 6.45) is 5.03. The summed E-state index contributed by atoms with van der Waals surface area (Å²) >= 11 is 0. The Morgan fingerprint density at radius 3 is 2.75 bits per heavy atom. The first-order chi connectivity index (χ1) is 5.74. The Bertz CT molecular complexity index is 175. The zero-order valence-electron chi connectivity index (χ0n) is 7.84. The SMILES string of the molecule is C=C=C(CCCC)C[C@H](O)C=C. The van der Waals surface area contributed by atoms with Crippen molar-refractivity contribution in [2.75, 3.05) is 0 Å². The Labute approximate surface area is 75.1 Å². The summed E-state index contributed by atoms with van der Waals surface area (Å²) in [5.41, 5.74) is 3.96. The third kappa shape index (κ3) is 4.95. The molecule has 1 atom stereocenters. The molecule has 0 unspecified atom stereocenters. The maximum atomic E-state index is 9.25. The molecule has 0 saturated carbocycles. The molecule has 0 aliphatic carbocycles. The normalized spacial score (nSPS) is 11.8. The van der Waals surface area contributed by atoms with Crippen molar-refractivity contribution in [1.82, 2.24) is 0 Å². The summed E-state index contributed by atoms with van der Waals surface area (Å²) in [5, 5.41) is 9.25.